The van der Waals surface area contributed by atoms with E-state index in [4.69, 9.17) is 9.57 Å². The van der Waals surface area contributed by atoms with Crippen LogP contribution in [0.1, 0.15) is 16.7 Å². The van der Waals surface area contributed by atoms with E-state index in [1.165, 1.54) is 0 Å². The third kappa shape index (κ3) is 4.07. The van der Waals surface area contributed by atoms with Gasteiger partial charge in [0.1, 0.15) is 12.4 Å². The fraction of sp³-hybridized carbons (Fsp3) is 0.250. The zero-order chi connectivity index (χ0) is 14.4. The molecular weight excluding hydrogens is 318 g/mol. The van der Waals surface area contributed by atoms with Gasteiger partial charge in [0.2, 0.25) is 0 Å². The van der Waals surface area contributed by atoms with Crippen molar-refractivity contribution in [1.29, 1.82) is 0 Å². The van der Waals surface area contributed by atoms with E-state index in [1.807, 2.05) is 31.2 Å². The molecule has 0 saturated carbocycles. The number of aryl methyl sites for hydroxylation is 1. The van der Waals surface area contributed by atoms with Crippen molar-refractivity contribution in [1.82, 2.24) is 5.48 Å². The molecule has 0 aromatic heterocycles. The summed E-state index contributed by atoms with van der Waals surface area (Å²) in [6, 6.07) is 14.3. The average molecular weight is 336 g/mol. The van der Waals surface area contributed by atoms with E-state index in [-0.39, 0.29) is 0 Å². The lowest BCUT2D eigenvalue weighted by molar-refractivity contribution is 0.0867. The highest BCUT2D eigenvalue weighted by Crippen LogP contribution is 2.31. The number of benzene rings is 2. The number of nitrogens with one attached hydrogen (secondary N) is 1. The second-order valence-corrected chi connectivity index (χ2v) is 5.38. The lowest BCUT2D eigenvalue weighted by atomic mass is 10.1. The number of halogens is 1. The number of rotatable bonds is 6. The molecule has 0 radical (unpaired) electrons. The molecule has 0 spiro atoms. The summed E-state index contributed by atoms with van der Waals surface area (Å²) >= 11 is 3.57. The minimum atomic E-state index is 0.565. The first kappa shape index (κ1) is 15.0. The van der Waals surface area contributed by atoms with Crippen LogP contribution in [0.15, 0.2) is 46.9 Å². The molecule has 3 nitrogen and oxygen atoms in total. The molecule has 0 aliphatic rings. The van der Waals surface area contributed by atoms with Gasteiger partial charge in [-0.2, -0.15) is 5.48 Å². The summed E-state index contributed by atoms with van der Waals surface area (Å²) in [5.74, 6) is 0.884. The van der Waals surface area contributed by atoms with Gasteiger partial charge in [-0.1, -0.05) is 36.4 Å². The predicted molar refractivity (Wildman–Crippen MR) is 83.5 cm³/mol. The summed E-state index contributed by atoms with van der Waals surface area (Å²) in [5.41, 5.74) is 6.23. The summed E-state index contributed by atoms with van der Waals surface area (Å²) in [4.78, 5) is 4.86. The Morgan fingerprint density at radius 3 is 2.50 bits per heavy atom. The van der Waals surface area contributed by atoms with Gasteiger partial charge in [0.05, 0.1) is 11.6 Å². The summed E-state index contributed by atoms with van der Waals surface area (Å²) in [5, 5.41) is 0. The third-order valence-electron chi connectivity index (χ3n) is 2.94. The largest absolute Gasteiger partial charge is 0.487 e. The molecule has 0 aliphatic carbocycles. The summed E-state index contributed by atoms with van der Waals surface area (Å²) in [6.07, 6.45) is 0. The number of ether oxygens (including phenoxy) is 1. The Morgan fingerprint density at radius 1 is 1.10 bits per heavy atom. The summed E-state index contributed by atoms with van der Waals surface area (Å²) in [7, 11) is 1.61. The van der Waals surface area contributed by atoms with Crippen LogP contribution in [-0.2, 0) is 18.0 Å². The predicted octanol–water partition coefficient (Wildman–Crippen LogP) is 3.99. The molecule has 2 aromatic rings. The van der Waals surface area contributed by atoms with Crippen molar-refractivity contribution in [3.05, 3.63) is 63.6 Å². The molecule has 0 atom stereocenters. The maximum atomic E-state index is 5.91. The van der Waals surface area contributed by atoms with Gasteiger partial charge in [0.15, 0.2) is 0 Å². The fourth-order valence-corrected chi connectivity index (χ4v) is 2.69. The van der Waals surface area contributed by atoms with Crippen molar-refractivity contribution in [2.24, 2.45) is 0 Å². The van der Waals surface area contributed by atoms with Crippen LogP contribution in [0.3, 0.4) is 0 Å². The minimum absolute atomic E-state index is 0.565. The van der Waals surface area contributed by atoms with Crippen molar-refractivity contribution in [3.8, 4) is 5.75 Å². The Kier molecular flexibility index (Phi) is 5.59. The molecule has 20 heavy (non-hydrogen) atoms. The van der Waals surface area contributed by atoms with Gasteiger partial charge in [-0.25, -0.2) is 0 Å². The van der Waals surface area contributed by atoms with Crippen LogP contribution in [0.5, 0.6) is 5.75 Å². The van der Waals surface area contributed by atoms with Gasteiger partial charge in [0, 0.05) is 6.54 Å². The first-order valence-electron chi connectivity index (χ1n) is 6.42. The smallest absolute Gasteiger partial charge is 0.136 e. The van der Waals surface area contributed by atoms with E-state index in [0.29, 0.717) is 13.2 Å². The van der Waals surface area contributed by atoms with Crippen molar-refractivity contribution in [2.75, 3.05) is 7.11 Å². The molecule has 0 saturated heterocycles. The van der Waals surface area contributed by atoms with Crippen LogP contribution >= 0.6 is 15.9 Å². The average Bonchev–Trinajstić information content (AvgIpc) is 2.45. The molecule has 1 N–H and O–H groups in total. The molecule has 2 aromatic carbocycles. The maximum absolute atomic E-state index is 5.91. The van der Waals surface area contributed by atoms with Crippen LogP contribution < -0.4 is 10.2 Å². The third-order valence-corrected chi connectivity index (χ3v) is 3.52. The standard InChI is InChI=1S/C16H18BrNO2/c1-12-8-14(10-18-19-2)9-15(17)16(12)20-11-13-6-4-3-5-7-13/h3-9,18H,10-11H2,1-2H3. The Balaban J connectivity index is 2.08. The van der Waals surface area contributed by atoms with Gasteiger partial charge in [-0.3, -0.25) is 0 Å². The fourth-order valence-electron chi connectivity index (χ4n) is 1.97. The summed E-state index contributed by atoms with van der Waals surface area (Å²) in [6.45, 7) is 3.27. The molecule has 0 unspecified atom stereocenters. The van der Waals surface area contributed by atoms with E-state index in [0.717, 1.165) is 26.9 Å². The van der Waals surface area contributed by atoms with E-state index >= 15 is 0 Å². The highest BCUT2D eigenvalue weighted by molar-refractivity contribution is 9.10. The topological polar surface area (TPSA) is 30.5 Å². The molecular formula is C16H18BrNO2. The Morgan fingerprint density at radius 2 is 1.85 bits per heavy atom. The van der Waals surface area contributed by atoms with Gasteiger partial charge in [0.25, 0.3) is 0 Å². The second kappa shape index (κ2) is 7.43. The quantitative estimate of drug-likeness (QED) is 0.809. The lowest BCUT2D eigenvalue weighted by Crippen LogP contribution is -2.11. The van der Waals surface area contributed by atoms with Crippen LogP contribution in [0.2, 0.25) is 0 Å². The van der Waals surface area contributed by atoms with Crippen LogP contribution in [-0.4, -0.2) is 7.11 Å². The zero-order valence-corrected chi connectivity index (χ0v) is 13.2. The normalized spacial score (nSPS) is 10.6. The van der Waals surface area contributed by atoms with E-state index in [9.17, 15) is 0 Å². The SMILES string of the molecule is CONCc1cc(C)c(OCc2ccccc2)c(Br)c1. The second-order valence-electron chi connectivity index (χ2n) is 4.52. The number of hydrogen-bond donors (Lipinski definition) is 1. The van der Waals surface area contributed by atoms with Gasteiger partial charge < -0.3 is 9.57 Å². The van der Waals surface area contributed by atoms with E-state index < -0.39 is 0 Å². The number of hydroxylamine groups is 1. The molecule has 0 amide bonds. The Hall–Kier alpha value is -1.36. The van der Waals surface area contributed by atoms with E-state index in [2.05, 4.69) is 39.6 Å². The highest BCUT2D eigenvalue weighted by atomic mass is 79.9. The van der Waals surface area contributed by atoms with Crippen molar-refractivity contribution < 1.29 is 9.57 Å². The van der Waals surface area contributed by atoms with Crippen LogP contribution in [0.25, 0.3) is 0 Å². The molecule has 2 rings (SSSR count). The Bertz CT molecular complexity index is 535. The summed E-state index contributed by atoms with van der Waals surface area (Å²) < 4.78 is 6.87. The lowest BCUT2D eigenvalue weighted by Gasteiger charge is -2.13. The zero-order valence-electron chi connectivity index (χ0n) is 11.7. The molecule has 4 heteroatoms. The van der Waals surface area contributed by atoms with Gasteiger partial charge in [-0.15, -0.1) is 0 Å². The molecule has 0 aliphatic heterocycles. The molecule has 0 bridgehead atoms. The van der Waals surface area contributed by atoms with Gasteiger partial charge in [-0.05, 0) is 45.6 Å². The first-order valence-corrected chi connectivity index (χ1v) is 7.21. The molecule has 0 fully saturated rings. The maximum Gasteiger partial charge on any atom is 0.136 e. The van der Waals surface area contributed by atoms with E-state index in [1.54, 1.807) is 7.11 Å². The first-order chi connectivity index (χ1) is 9.70. The molecule has 106 valence electrons. The van der Waals surface area contributed by atoms with Crippen molar-refractivity contribution in [2.45, 2.75) is 20.1 Å². The number of hydrogen-bond acceptors (Lipinski definition) is 3. The minimum Gasteiger partial charge on any atom is -0.487 e. The highest BCUT2D eigenvalue weighted by Gasteiger charge is 2.08. The van der Waals surface area contributed by atoms with Crippen molar-refractivity contribution >= 4 is 15.9 Å². The molecule has 0 heterocycles. The van der Waals surface area contributed by atoms with Crippen LogP contribution in [0.4, 0.5) is 0 Å². The monoisotopic (exact) mass is 335 g/mol. The Labute approximate surface area is 128 Å². The van der Waals surface area contributed by atoms with Crippen molar-refractivity contribution in [3.63, 3.8) is 0 Å². The van der Waals surface area contributed by atoms with Gasteiger partial charge >= 0.3 is 0 Å². The van der Waals surface area contributed by atoms with Crippen LogP contribution in [0, 0.1) is 6.92 Å².